The number of rotatable bonds is 6. The molecule has 2 aromatic carbocycles. The minimum atomic E-state index is -0.538. The SMILES string of the molecule is O=C(COc1cccc([N+](=O)[O-])c1)Nc1cc(Cl)ccc1-n1cncn1. The van der Waals surface area contributed by atoms with Crippen LogP contribution in [-0.2, 0) is 4.79 Å². The van der Waals surface area contributed by atoms with Crippen molar-refractivity contribution in [3.8, 4) is 11.4 Å². The van der Waals surface area contributed by atoms with E-state index in [2.05, 4.69) is 15.4 Å². The number of anilines is 1. The summed E-state index contributed by atoms with van der Waals surface area (Å²) in [4.78, 5) is 26.3. The molecule has 1 N–H and O–H groups in total. The highest BCUT2D eigenvalue weighted by Crippen LogP contribution is 2.24. The molecule has 0 radical (unpaired) electrons. The van der Waals surface area contributed by atoms with E-state index in [9.17, 15) is 14.9 Å². The zero-order chi connectivity index (χ0) is 18.5. The van der Waals surface area contributed by atoms with E-state index < -0.39 is 10.8 Å². The van der Waals surface area contributed by atoms with Crippen molar-refractivity contribution in [1.82, 2.24) is 14.8 Å². The number of halogens is 1. The molecular weight excluding hydrogens is 362 g/mol. The number of ether oxygens (including phenoxy) is 1. The van der Waals surface area contributed by atoms with Crippen molar-refractivity contribution in [2.75, 3.05) is 11.9 Å². The highest BCUT2D eigenvalue weighted by Gasteiger charge is 2.12. The number of benzene rings is 2. The van der Waals surface area contributed by atoms with Crippen molar-refractivity contribution in [3.05, 3.63) is 70.3 Å². The van der Waals surface area contributed by atoms with Crippen LogP contribution in [0.3, 0.4) is 0 Å². The second-order valence-electron chi connectivity index (χ2n) is 5.09. The van der Waals surface area contributed by atoms with Crippen LogP contribution < -0.4 is 10.1 Å². The molecule has 10 heteroatoms. The zero-order valence-electron chi connectivity index (χ0n) is 13.2. The maximum Gasteiger partial charge on any atom is 0.273 e. The smallest absolute Gasteiger partial charge is 0.273 e. The summed E-state index contributed by atoms with van der Waals surface area (Å²) >= 11 is 5.99. The van der Waals surface area contributed by atoms with E-state index in [1.54, 1.807) is 18.2 Å². The molecule has 0 aliphatic rings. The molecule has 1 heterocycles. The Balaban J connectivity index is 1.70. The van der Waals surface area contributed by atoms with Gasteiger partial charge in [-0.15, -0.1) is 0 Å². The molecule has 0 unspecified atom stereocenters. The van der Waals surface area contributed by atoms with Crippen LogP contribution in [0.4, 0.5) is 11.4 Å². The van der Waals surface area contributed by atoms with Gasteiger partial charge in [-0.2, -0.15) is 5.10 Å². The largest absolute Gasteiger partial charge is 0.484 e. The fraction of sp³-hybridized carbons (Fsp3) is 0.0625. The predicted molar refractivity (Wildman–Crippen MR) is 93.6 cm³/mol. The number of non-ortho nitro benzene ring substituents is 1. The fourth-order valence-corrected chi connectivity index (χ4v) is 2.33. The lowest BCUT2D eigenvalue weighted by molar-refractivity contribution is -0.384. The van der Waals surface area contributed by atoms with Gasteiger partial charge >= 0.3 is 0 Å². The second-order valence-corrected chi connectivity index (χ2v) is 5.53. The third-order valence-corrected chi connectivity index (χ3v) is 3.53. The summed E-state index contributed by atoms with van der Waals surface area (Å²) in [6.45, 7) is -0.329. The van der Waals surface area contributed by atoms with Crippen molar-refractivity contribution in [2.45, 2.75) is 0 Å². The number of nitro benzene ring substituents is 1. The van der Waals surface area contributed by atoms with E-state index in [-0.39, 0.29) is 18.0 Å². The van der Waals surface area contributed by atoms with Crippen molar-refractivity contribution in [2.24, 2.45) is 0 Å². The number of aromatic nitrogens is 3. The number of hydrogen-bond donors (Lipinski definition) is 1. The lowest BCUT2D eigenvalue weighted by Crippen LogP contribution is -2.21. The maximum atomic E-state index is 12.2. The Hall–Kier alpha value is -3.46. The summed E-state index contributed by atoms with van der Waals surface area (Å²) in [6.07, 6.45) is 2.85. The summed E-state index contributed by atoms with van der Waals surface area (Å²) in [5.74, 6) is -0.239. The van der Waals surface area contributed by atoms with Gasteiger partial charge in [0.15, 0.2) is 6.61 Å². The van der Waals surface area contributed by atoms with Crippen molar-refractivity contribution >= 4 is 28.9 Å². The number of hydrogen-bond acceptors (Lipinski definition) is 6. The lowest BCUT2D eigenvalue weighted by atomic mass is 10.2. The quantitative estimate of drug-likeness (QED) is 0.525. The van der Waals surface area contributed by atoms with Gasteiger partial charge in [0.05, 0.1) is 22.4 Å². The molecule has 1 aromatic heterocycles. The summed E-state index contributed by atoms with van der Waals surface area (Å²) < 4.78 is 6.79. The van der Waals surface area contributed by atoms with Gasteiger partial charge in [0.1, 0.15) is 18.4 Å². The predicted octanol–water partition coefficient (Wildman–Crippen LogP) is 2.85. The molecule has 132 valence electrons. The first-order chi connectivity index (χ1) is 12.5. The Labute approximate surface area is 152 Å². The molecule has 0 saturated heterocycles. The summed E-state index contributed by atoms with van der Waals surface area (Å²) in [6, 6.07) is 10.5. The summed E-state index contributed by atoms with van der Waals surface area (Å²) in [5, 5.41) is 17.9. The molecule has 0 aliphatic carbocycles. The molecule has 0 aliphatic heterocycles. The molecule has 9 nitrogen and oxygen atoms in total. The van der Waals surface area contributed by atoms with Gasteiger partial charge in [0, 0.05) is 11.1 Å². The van der Waals surface area contributed by atoms with Gasteiger partial charge in [0.2, 0.25) is 0 Å². The minimum Gasteiger partial charge on any atom is -0.484 e. The first-order valence-corrected chi connectivity index (χ1v) is 7.72. The Morgan fingerprint density at radius 3 is 2.88 bits per heavy atom. The highest BCUT2D eigenvalue weighted by atomic mass is 35.5. The monoisotopic (exact) mass is 373 g/mol. The van der Waals surface area contributed by atoms with E-state index in [4.69, 9.17) is 16.3 Å². The lowest BCUT2D eigenvalue weighted by Gasteiger charge is -2.12. The van der Waals surface area contributed by atoms with E-state index in [0.29, 0.717) is 16.4 Å². The number of nitrogens with zero attached hydrogens (tertiary/aromatic N) is 4. The molecule has 26 heavy (non-hydrogen) atoms. The molecule has 0 atom stereocenters. The molecule has 0 bridgehead atoms. The van der Waals surface area contributed by atoms with Crippen LogP contribution >= 0.6 is 11.6 Å². The number of carbonyl (C=O) groups excluding carboxylic acids is 1. The normalized spacial score (nSPS) is 10.3. The molecule has 0 fully saturated rings. The average Bonchev–Trinajstić information content (AvgIpc) is 3.15. The van der Waals surface area contributed by atoms with Gasteiger partial charge in [-0.3, -0.25) is 14.9 Å². The van der Waals surface area contributed by atoms with Crippen molar-refractivity contribution in [3.63, 3.8) is 0 Å². The summed E-state index contributed by atoms with van der Waals surface area (Å²) in [5.41, 5.74) is 0.887. The Bertz CT molecular complexity index is 946. The minimum absolute atomic E-state index is 0.119. The van der Waals surface area contributed by atoms with Crippen LogP contribution in [0.2, 0.25) is 5.02 Å². The van der Waals surface area contributed by atoms with E-state index in [1.807, 2.05) is 0 Å². The van der Waals surface area contributed by atoms with E-state index in [1.165, 1.54) is 41.6 Å². The third kappa shape index (κ3) is 4.14. The third-order valence-electron chi connectivity index (χ3n) is 3.30. The van der Waals surface area contributed by atoms with Crippen LogP contribution in [0.5, 0.6) is 5.75 Å². The van der Waals surface area contributed by atoms with Crippen LogP contribution in [0.15, 0.2) is 55.1 Å². The van der Waals surface area contributed by atoms with Gasteiger partial charge in [-0.05, 0) is 24.3 Å². The van der Waals surface area contributed by atoms with Gasteiger partial charge in [-0.25, -0.2) is 9.67 Å². The van der Waals surface area contributed by atoms with Crippen molar-refractivity contribution in [1.29, 1.82) is 0 Å². The first-order valence-electron chi connectivity index (χ1n) is 7.34. The number of carbonyl (C=O) groups is 1. The van der Waals surface area contributed by atoms with E-state index >= 15 is 0 Å². The molecular formula is C16H12ClN5O4. The first kappa shape index (κ1) is 17.4. The number of nitro groups is 1. The zero-order valence-corrected chi connectivity index (χ0v) is 14.0. The molecule has 0 spiro atoms. The van der Waals surface area contributed by atoms with Crippen molar-refractivity contribution < 1.29 is 14.5 Å². The average molecular weight is 374 g/mol. The molecule has 3 aromatic rings. The Kier molecular flexibility index (Phi) is 5.09. The number of nitrogens with one attached hydrogen (secondary N) is 1. The molecule has 3 rings (SSSR count). The highest BCUT2D eigenvalue weighted by molar-refractivity contribution is 6.31. The topological polar surface area (TPSA) is 112 Å². The molecule has 0 saturated carbocycles. The standard InChI is InChI=1S/C16H12ClN5O4/c17-11-4-5-15(21-10-18-9-19-21)14(6-11)20-16(23)8-26-13-3-1-2-12(7-13)22(24)25/h1-7,9-10H,8H2,(H,20,23). The fourth-order valence-electron chi connectivity index (χ4n) is 2.16. The van der Waals surface area contributed by atoms with Gasteiger partial charge in [0.25, 0.3) is 11.6 Å². The van der Waals surface area contributed by atoms with Crippen LogP contribution in [-0.4, -0.2) is 32.2 Å². The summed E-state index contributed by atoms with van der Waals surface area (Å²) in [7, 11) is 0. The Morgan fingerprint density at radius 1 is 1.31 bits per heavy atom. The van der Waals surface area contributed by atoms with Crippen LogP contribution in [0.1, 0.15) is 0 Å². The molecule has 1 amide bonds. The van der Waals surface area contributed by atoms with Crippen LogP contribution in [0, 0.1) is 10.1 Å². The Morgan fingerprint density at radius 2 is 2.15 bits per heavy atom. The van der Waals surface area contributed by atoms with E-state index in [0.717, 1.165) is 0 Å². The number of amides is 1. The van der Waals surface area contributed by atoms with Gasteiger partial charge in [-0.1, -0.05) is 17.7 Å². The van der Waals surface area contributed by atoms with Crippen LogP contribution in [0.25, 0.3) is 5.69 Å². The maximum absolute atomic E-state index is 12.2. The second kappa shape index (κ2) is 7.62. The van der Waals surface area contributed by atoms with Gasteiger partial charge < -0.3 is 10.1 Å².